The lowest BCUT2D eigenvalue weighted by atomic mass is 10.2. The fourth-order valence-electron chi connectivity index (χ4n) is 4.39. The predicted octanol–water partition coefficient (Wildman–Crippen LogP) is 2.89. The number of hydrogen-bond acceptors (Lipinski definition) is 8. The summed E-state index contributed by atoms with van der Waals surface area (Å²) in [6, 6.07) is 7.21. The van der Waals surface area contributed by atoms with Gasteiger partial charge >= 0.3 is 0 Å². The zero-order valence-electron chi connectivity index (χ0n) is 17.9. The third-order valence-electron chi connectivity index (χ3n) is 5.92. The van der Waals surface area contributed by atoms with Crippen LogP contribution in [0.3, 0.4) is 0 Å². The van der Waals surface area contributed by atoms with Crippen molar-refractivity contribution in [2.24, 2.45) is 0 Å². The van der Waals surface area contributed by atoms with Crippen LogP contribution in [0.1, 0.15) is 20.3 Å². The van der Waals surface area contributed by atoms with Crippen molar-refractivity contribution in [3.63, 3.8) is 0 Å². The van der Waals surface area contributed by atoms with Crippen LogP contribution in [0.15, 0.2) is 24.4 Å². The Labute approximate surface area is 182 Å². The lowest BCUT2D eigenvalue weighted by molar-refractivity contribution is -0.0914. The summed E-state index contributed by atoms with van der Waals surface area (Å²) in [4.78, 5) is 18.7. The van der Waals surface area contributed by atoms with E-state index in [1.54, 1.807) is 20.4 Å². The van der Waals surface area contributed by atoms with Crippen molar-refractivity contribution in [3.8, 4) is 11.3 Å². The van der Waals surface area contributed by atoms with Crippen LogP contribution in [0.5, 0.6) is 0 Å². The summed E-state index contributed by atoms with van der Waals surface area (Å²) in [5.41, 5.74) is 1.71. The van der Waals surface area contributed by atoms with Gasteiger partial charge in [-0.3, -0.25) is 4.90 Å². The molecular formula is C21H29ClN6O2. The van der Waals surface area contributed by atoms with Crippen molar-refractivity contribution in [2.45, 2.75) is 44.7 Å². The van der Waals surface area contributed by atoms with Crippen molar-refractivity contribution >= 4 is 23.4 Å². The van der Waals surface area contributed by atoms with E-state index in [1.807, 2.05) is 18.2 Å². The van der Waals surface area contributed by atoms with E-state index in [0.717, 1.165) is 42.5 Å². The van der Waals surface area contributed by atoms with Gasteiger partial charge in [0.1, 0.15) is 11.0 Å². The first kappa shape index (κ1) is 21.2. The molecule has 2 unspecified atom stereocenters. The van der Waals surface area contributed by atoms with Crippen molar-refractivity contribution in [1.82, 2.24) is 19.9 Å². The maximum absolute atomic E-state index is 6.12. The van der Waals surface area contributed by atoms with E-state index >= 15 is 0 Å². The first-order valence-corrected chi connectivity index (χ1v) is 10.7. The van der Waals surface area contributed by atoms with Gasteiger partial charge in [0.15, 0.2) is 6.29 Å². The molecule has 2 aliphatic heterocycles. The average molecular weight is 433 g/mol. The smallest absolute Gasteiger partial charge is 0.228 e. The molecule has 0 spiro atoms. The quantitative estimate of drug-likeness (QED) is 0.504. The highest BCUT2D eigenvalue weighted by Crippen LogP contribution is 2.35. The Bertz CT molecular complexity index is 878. The Kier molecular flexibility index (Phi) is 6.38. The Hall–Kier alpha value is -2.00. The highest BCUT2D eigenvalue weighted by Gasteiger charge is 2.45. The third kappa shape index (κ3) is 4.37. The Morgan fingerprint density at radius 3 is 2.60 bits per heavy atom. The minimum atomic E-state index is -0.357. The first-order valence-electron chi connectivity index (χ1n) is 10.3. The van der Waals surface area contributed by atoms with E-state index in [0.29, 0.717) is 29.8 Å². The van der Waals surface area contributed by atoms with Gasteiger partial charge in [0.25, 0.3) is 0 Å². The van der Waals surface area contributed by atoms with Crippen molar-refractivity contribution in [1.29, 1.82) is 0 Å². The van der Waals surface area contributed by atoms with E-state index in [9.17, 15) is 0 Å². The number of hydrogen-bond donors (Lipinski definition) is 1. The van der Waals surface area contributed by atoms with Crippen molar-refractivity contribution < 1.29 is 9.47 Å². The molecular weight excluding hydrogens is 404 g/mol. The van der Waals surface area contributed by atoms with Gasteiger partial charge < -0.3 is 19.7 Å². The third-order valence-corrected chi connectivity index (χ3v) is 6.12. The monoisotopic (exact) mass is 432 g/mol. The second-order valence-electron chi connectivity index (χ2n) is 8.07. The minimum absolute atomic E-state index is 0.357. The molecule has 8 nitrogen and oxygen atoms in total. The van der Waals surface area contributed by atoms with Gasteiger partial charge in [-0.1, -0.05) is 11.6 Å². The van der Waals surface area contributed by atoms with Gasteiger partial charge in [0, 0.05) is 63.3 Å². The first-order chi connectivity index (χ1) is 14.5. The molecule has 1 N–H and O–H groups in total. The Morgan fingerprint density at radius 1 is 1.17 bits per heavy atom. The van der Waals surface area contributed by atoms with Crippen LogP contribution in [-0.2, 0) is 9.47 Å². The summed E-state index contributed by atoms with van der Waals surface area (Å²) >= 11 is 6.12. The second-order valence-corrected chi connectivity index (χ2v) is 8.46. The molecule has 0 amide bonds. The zero-order chi connectivity index (χ0) is 21.3. The summed E-state index contributed by atoms with van der Waals surface area (Å²) in [6.07, 6.45) is 2.49. The van der Waals surface area contributed by atoms with Gasteiger partial charge in [-0.2, -0.15) is 4.98 Å². The number of anilines is 2. The normalized spacial score (nSPS) is 21.2. The van der Waals surface area contributed by atoms with E-state index in [1.165, 1.54) is 0 Å². The fourth-order valence-corrected chi connectivity index (χ4v) is 4.56. The Balaban J connectivity index is 1.63. The molecule has 0 aromatic carbocycles. The van der Waals surface area contributed by atoms with Crippen LogP contribution >= 0.6 is 11.6 Å². The number of nitrogens with zero attached hydrogens (tertiary/aromatic N) is 5. The summed E-state index contributed by atoms with van der Waals surface area (Å²) in [5.74, 6) is 1.47. The lowest BCUT2D eigenvalue weighted by Gasteiger charge is -2.36. The standard InChI is InChI=1S/C21H29ClN6O2/c1-13(2)27-11-16-8-15(27)12-28(16)21-25-17(14-5-6-23-18(22)7-14)9-19(26-21)24-10-20(29-3)30-4/h5-7,9,13,15-16,20H,8,10-12H2,1-4H3,(H,24,25,26). The molecule has 162 valence electrons. The summed E-state index contributed by atoms with van der Waals surface area (Å²) in [6.45, 7) is 7.00. The van der Waals surface area contributed by atoms with Crippen molar-refractivity contribution in [2.75, 3.05) is 44.1 Å². The zero-order valence-corrected chi connectivity index (χ0v) is 18.6. The number of methoxy groups -OCH3 is 2. The van der Waals surface area contributed by atoms with Crippen LogP contribution < -0.4 is 10.2 Å². The molecule has 0 aliphatic carbocycles. The highest BCUT2D eigenvalue weighted by molar-refractivity contribution is 6.29. The van der Waals surface area contributed by atoms with E-state index < -0.39 is 0 Å². The van der Waals surface area contributed by atoms with Crippen LogP contribution in [0, 0.1) is 0 Å². The lowest BCUT2D eigenvalue weighted by Crippen LogP contribution is -2.49. The number of likely N-dealkylation sites (tertiary alicyclic amines) is 1. The van der Waals surface area contributed by atoms with Crippen LogP contribution in [0.25, 0.3) is 11.3 Å². The topological polar surface area (TPSA) is 75.6 Å². The predicted molar refractivity (Wildman–Crippen MR) is 118 cm³/mol. The largest absolute Gasteiger partial charge is 0.365 e. The summed E-state index contributed by atoms with van der Waals surface area (Å²) in [7, 11) is 3.24. The number of halogens is 1. The SMILES string of the molecule is COC(CNc1cc(-c2ccnc(Cl)c2)nc(N2CC3CC2CN3C(C)C)n1)OC. The number of piperazine rings is 1. The van der Waals surface area contributed by atoms with E-state index in [4.69, 9.17) is 31.0 Å². The molecule has 30 heavy (non-hydrogen) atoms. The van der Waals surface area contributed by atoms with Gasteiger partial charge in [0.2, 0.25) is 5.95 Å². The summed E-state index contributed by atoms with van der Waals surface area (Å²) in [5, 5.41) is 3.76. The molecule has 2 aromatic rings. The molecule has 9 heteroatoms. The van der Waals surface area contributed by atoms with Crippen molar-refractivity contribution in [3.05, 3.63) is 29.5 Å². The van der Waals surface area contributed by atoms with Crippen LogP contribution in [0.4, 0.5) is 11.8 Å². The average Bonchev–Trinajstić information content (AvgIpc) is 3.35. The van der Waals surface area contributed by atoms with Gasteiger partial charge in [-0.25, -0.2) is 9.97 Å². The Morgan fingerprint density at radius 2 is 1.97 bits per heavy atom. The maximum atomic E-state index is 6.12. The van der Waals surface area contributed by atoms with E-state index in [2.05, 4.69) is 33.9 Å². The molecule has 2 fully saturated rings. The van der Waals surface area contributed by atoms with Gasteiger partial charge in [-0.05, 0) is 32.4 Å². The maximum Gasteiger partial charge on any atom is 0.228 e. The van der Waals surface area contributed by atoms with Crippen LogP contribution in [-0.4, -0.2) is 78.1 Å². The molecule has 2 bridgehead atoms. The molecule has 4 heterocycles. The molecule has 2 atom stereocenters. The molecule has 2 aromatic heterocycles. The number of nitrogens with one attached hydrogen (secondary N) is 1. The number of rotatable bonds is 8. The number of fused-ring (bicyclic) bond motifs is 2. The fraction of sp³-hybridized carbons (Fsp3) is 0.571. The number of ether oxygens (including phenoxy) is 2. The number of aromatic nitrogens is 3. The molecule has 0 radical (unpaired) electrons. The summed E-state index contributed by atoms with van der Waals surface area (Å²) < 4.78 is 10.6. The van der Waals surface area contributed by atoms with Crippen LogP contribution in [0.2, 0.25) is 5.15 Å². The number of pyridine rings is 1. The van der Waals surface area contributed by atoms with E-state index in [-0.39, 0.29) is 6.29 Å². The molecule has 0 saturated carbocycles. The second kappa shape index (κ2) is 9.01. The molecule has 2 saturated heterocycles. The molecule has 4 rings (SSSR count). The minimum Gasteiger partial charge on any atom is -0.365 e. The van der Waals surface area contributed by atoms with Gasteiger partial charge in [-0.15, -0.1) is 0 Å². The molecule has 2 aliphatic rings. The van der Waals surface area contributed by atoms with Gasteiger partial charge in [0.05, 0.1) is 12.2 Å². The highest BCUT2D eigenvalue weighted by atomic mass is 35.5.